The van der Waals surface area contributed by atoms with Gasteiger partial charge in [0.15, 0.2) is 0 Å². The smallest absolute Gasteiger partial charge is 0.228 e. The molecular weight excluding hydrogens is 390 g/mol. The van der Waals surface area contributed by atoms with Crippen LogP contribution in [-0.4, -0.2) is 57.8 Å². The van der Waals surface area contributed by atoms with E-state index in [1.807, 2.05) is 0 Å². The Morgan fingerprint density at radius 1 is 0.903 bits per heavy atom. The highest BCUT2D eigenvalue weighted by molar-refractivity contribution is 5.65. The predicted molar refractivity (Wildman–Crippen MR) is 118 cm³/mol. The third-order valence-corrected chi connectivity index (χ3v) is 8.40. The third kappa shape index (κ3) is 2.91. The maximum atomic E-state index is 5.72. The van der Waals surface area contributed by atoms with Gasteiger partial charge in [-0.25, -0.2) is 15.0 Å². The molecule has 31 heavy (non-hydrogen) atoms. The molecule has 6 aliphatic rings. The summed E-state index contributed by atoms with van der Waals surface area (Å²) in [4.78, 5) is 23.6. The molecule has 1 saturated carbocycles. The molecule has 0 aromatic carbocycles. The number of nitrogens with zero attached hydrogens (tertiary/aromatic N) is 6. The first-order valence-corrected chi connectivity index (χ1v) is 11.8. The lowest BCUT2D eigenvalue weighted by Crippen LogP contribution is -2.48. The molecule has 8 rings (SSSR count). The van der Waals surface area contributed by atoms with Crippen LogP contribution in [0.3, 0.4) is 0 Å². The SMILES string of the molecule is Nc1ncc(-c2cc(N3C4CCC3CC(C3COC3)C4)nc(N3CC4CC3C4)n2)cn1. The van der Waals surface area contributed by atoms with Gasteiger partial charge in [0.2, 0.25) is 11.9 Å². The van der Waals surface area contributed by atoms with Gasteiger partial charge in [-0.3, -0.25) is 0 Å². The Bertz CT molecular complexity index is 974. The van der Waals surface area contributed by atoms with Crippen molar-refractivity contribution in [2.45, 2.75) is 56.7 Å². The zero-order valence-corrected chi connectivity index (χ0v) is 17.7. The van der Waals surface area contributed by atoms with Crippen LogP contribution in [0.15, 0.2) is 18.5 Å². The maximum absolute atomic E-state index is 5.72. The number of anilines is 3. The minimum atomic E-state index is 0.290. The van der Waals surface area contributed by atoms with Gasteiger partial charge in [-0.2, -0.15) is 4.98 Å². The average Bonchev–Trinajstić information content (AvgIpc) is 3.39. The lowest BCUT2D eigenvalue weighted by Gasteiger charge is -2.44. The van der Waals surface area contributed by atoms with E-state index in [0.717, 1.165) is 60.5 Å². The van der Waals surface area contributed by atoms with Crippen LogP contribution in [0.5, 0.6) is 0 Å². The van der Waals surface area contributed by atoms with E-state index in [1.165, 1.54) is 38.5 Å². The van der Waals surface area contributed by atoms with Crippen molar-refractivity contribution >= 4 is 17.7 Å². The van der Waals surface area contributed by atoms with E-state index in [9.17, 15) is 0 Å². The van der Waals surface area contributed by atoms with Crippen LogP contribution < -0.4 is 15.5 Å². The summed E-state index contributed by atoms with van der Waals surface area (Å²) in [5.41, 5.74) is 7.53. The second kappa shape index (κ2) is 6.76. The number of fused-ring (bicyclic) bond motifs is 3. The first-order valence-electron chi connectivity index (χ1n) is 11.8. The molecule has 8 nitrogen and oxygen atoms in total. The molecule has 4 bridgehead atoms. The molecule has 162 valence electrons. The maximum Gasteiger partial charge on any atom is 0.228 e. The minimum absolute atomic E-state index is 0.290. The van der Waals surface area contributed by atoms with Gasteiger partial charge in [-0.05, 0) is 50.4 Å². The largest absolute Gasteiger partial charge is 0.381 e. The molecular formula is C23H29N7O. The fourth-order valence-electron chi connectivity index (χ4n) is 6.58. The van der Waals surface area contributed by atoms with Gasteiger partial charge in [0.25, 0.3) is 0 Å². The first kappa shape index (κ1) is 18.1. The zero-order valence-electron chi connectivity index (χ0n) is 17.7. The number of hydrogen-bond donors (Lipinski definition) is 1. The lowest BCUT2D eigenvalue weighted by atomic mass is 9.80. The molecule has 6 fully saturated rings. The third-order valence-electron chi connectivity index (χ3n) is 8.40. The van der Waals surface area contributed by atoms with Gasteiger partial charge >= 0.3 is 0 Å². The van der Waals surface area contributed by atoms with Crippen LogP contribution in [0, 0.1) is 17.8 Å². The Hall–Kier alpha value is -2.48. The molecule has 5 saturated heterocycles. The van der Waals surface area contributed by atoms with Crippen molar-refractivity contribution in [2.75, 3.05) is 35.3 Å². The number of hydrogen-bond acceptors (Lipinski definition) is 8. The minimum Gasteiger partial charge on any atom is -0.381 e. The molecule has 2 N–H and O–H groups in total. The number of piperidine rings is 1. The number of nitrogen functional groups attached to an aromatic ring is 1. The normalized spacial score (nSPS) is 34.0. The Kier molecular flexibility index (Phi) is 3.95. The highest BCUT2D eigenvalue weighted by atomic mass is 16.5. The van der Waals surface area contributed by atoms with Crippen molar-refractivity contribution in [1.82, 2.24) is 19.9 Å². The summed E-state index contributed by atoms with van der Waals surface area (Å²) in [7, 11) is 0. The molecule has 8 heteroatoms. The van der Waals surface area contributed by atoms with E-state index >= 15 is 0 Å². The Morgan fingerprint density at radius 3 is 2.26 bits per heavy atom. The Balaban J connectivity index is 1.26. The molecule has 0 amide bonds. The van der Waals surface area contributed by atoms with Gasteiger partial charge in [-0.15, -0.1) is 0 Å². The molecule has 0 radical (unpaired) electrons. The highest BCUT2D eigenvalue weighted by Crippen LogP contribution is 2.46. The summed E-state index contributed by atoms with van der Waals surface area (Å²) in [5.74, 6) is 4.64. The van der Waals surface area contributed by atoms with Gasteiger partial charge in [-0.1, -0.05) is 0 Å². The quantitative estimate of drug-likeness (QED) is 0.808. The van der Waals surface area contributed by atoms with Crippen molar-refractivity contribution in [3.05, 3.63) is 18.5 Å². The van der Waals surface area contributed by atoms with Gasteiger partial charge in [0.05, 0.1) is 18.9 Å². The number of ether oxygens (including phenoxy) is 1. The molecule has 2 atom stereocenters. The second-order valence-electron chi connectivity index (χ2n) is 10.2. The fourth-order valence-corrected chi connectivity index (χ4v) is 6.58. The van der Waals surface area contributed by atoms with Gasteiger partial charge in [0.1, 0.15) is 5.82 Å². The summed E-state index contributed by atoms with van der Waals surface area (Å²) in [6.45, 7) is 3.00. The van der Waals surface area contributed by atoms with E-state index in [1.54, 1.807) is 12.4 Å². The van der Waals surface area contributed by atoms with Crippen molar-refractivity contribution < 1.29 is 4.74 Å². The van der Waals surface area contributed by atoms with Crippen LogP contribution in [0.1, 0.15) is 38.5 Å². The Labute approximate surface area is 182 Å². The molecule has 5 aliphatic heterocycles. The van der Waals surface area contributed by atoms with E-state index < -0.39 is 0 Å². The molecule has 2 unspecified atom stereocenters. The zero-order chi connectivity index (χ0) is 20.5. The van der Waals surface area contributed by atoms with Gasteiger partial charge in [0, 0.05) is 54.6 Å². The summed E-state index contributed by atoms with van der Waals surface area (Å²) in [5, 5.41) is 0. The standard InChI is InChI=1S/C23H29N7O/c24-22-25-8-15(9-26-22)20-7-21(28-23(27-20)29-10-13-3-19(29)4-13)30-17-1-2-18(30)6-14(5-17)16-11-31-12-16/h7-9,13-14,16-19H,1-6,10-12H2,(H2,24,25,26). The molecule has 2 aromatic rings. The van der Waals surface area contributed by atoms with Crippen LogP contribution in [0.2, 0.25) is 0 Å². The van der Waals surface area contributed by atoms with E-state index in [-0.39, 0.29) is 0 Å². The number of rotatable bonds is 4. The fraction of sp³-hybridized carbons (Fsp3) is 0.652. The molecule has 2 aromatic heterocycles. The predicted octanol–water partition coefficient (Wildman–Crippen LogP) is 2.51. The average molecular weight is 420 g/mol. The monoisotopic (exact) mass is 419 g/mol. The van der Waals surface area contributed by atoms with Crippen LogP contribution in [0.25, 0.3) is 11.3 Å². The first-order chi connectivity index (χ1) is 15.2. The number of aromatic nitrogens is 4. The highest BCUT2D eigenvalue weighted by Gasteiger charge is 2.46. The molecule has 1 aliphatic carbocycles. The van der Waals surface area contributed by atoms with Crippen LogP contribution in [0.4, 0.5) is 17.7 Å². The van der Waals surface area contributed by atoms with Crippen molar-refractivity contribution in [3.8, 4) is 11.3 Å². The van der Waals surface area contributed by atoms with Crippen LogP contribution in [-0.2, 0) is 4.74 Å². The summed E-state index contributed by atoms with van der Waals surface area (Å²) < 4.78 is 5.49. The summed E-state index contributed by atoms with van der Waals surface area (Å²) >= 11 is 0. The second-order valence-corrected chi connectivity index (χ2v) is 10.2. The van der Waals surface area contributed by atoms with Crippen molar-refractivity contribution in [1.29, 1.82) is 0 Å². The molecule has 0 spiro atoms. The van der Waals surface area contributed by atoms with Crippen molar-refractivity contribution in [3.63, 3.8) is 0 Å². The van der Waals surface area contributed by atoms with E-state index in [4.69, 9.17) is 20.4 Å². The number of nitrogens with two attached hydrogens (primary N) is 1. The van der Waals surface area contributed by atoms with Gasteiger partial charge < -0.3 is 20.3 Å². The Morgan fingerprint density at radius 2 is 1.65 bits per heavy atom. The van der Waals surface area contributed by atoms with E-state index in [2.05, 4.69) is 25.8 Å². The molecule has 7 heterocycles. The van der Waals surface area contributed by atoms with Crippen molar-refractivity contribution in [2.24, 2.45) is 17.8 Å². The lowest BCUT2D eigenvalue weighted by molar-refractivity contribution is -0.0679. The van der Waals surface area contributed by atoms with E-state index in [0.29, 0.717) is 24.1 Å². The summed E-state index contributed by atoms with van der Waals surface area (Å²) in [6, 6.07) is 3.92. The summed E-state index contributed by atoms with van der Waals surface area (Å²) in [6.07, 6.45) is 11.2. The van der Waals surface area contributed by atoms with Crippen LogP contribution >= 0.6 is 0 Å². The topological polar surface area (TPSA) is 93.3 Å².